The minimum Gasteiger partial charge on any atom is -0.479 e. The van der Waals surface area contributed by atoms with E-state index in [0.717, 1.165) is 23.7 Å². The van der Waals surface area contributed by atoms with Crippen LogP contribution in [-0.4, -0.2) is 28.3 Å². The summed E-state index contributed by atoms with van der Waals surface area (Å²) in [6, 6.07) is 14.2. The van der Waals surface area contributed by atoms with Gasteiger partial charge in [-0.05, 0) is 72.5 Å². The zero-order chi connectivity index (χ0) is 21.8. The van der Waals surface area contributed by atoms with Gasteiger partial charge in [-0.3, -0.25) is 9.59 Å². The quantitative estimate of drug-likeness (QED) is 0.607. The molecule has 2 unspecified atom stereocenters. The van der Waals surface area contributed by atoms with Gasteiger partial charge in [-0.2, -0.15) is 0 Å². The number of aliphatic carboxylic acids is 1. The number of carbonyl (C=O) groups excluding carboxylic acids is 2. The first-order valence-electron chi connectivity index (χ1n) is 9.67. The van der Waals surface area contributed by atoms with Crippen molar-refractivity contribution in [1.29, 1.82) is 0 Å². The first-order chi connectivity index (χ1) is 14.3. The predicted octanol–water partition coefficient (Wildman–Crippen LogP) is 5.29. The van der Waals surface area contributed by atoms with E-state index in [1.54, 1.807) is 42.5 Å². The Hall–Kier alpha value is -3.06. The molecule has 2 amide bonds. The number of amides is 2. The minimum atomic E-state index is -1.07. The lowest BCUT2D eigenvalue weighted by molar-refractivity contribution is -0.144. The number of imide groups is 1. The van der Waals surface area contributed by atoms with Crippen LogP contribution >= 0.6 is 11.8 Å². The molecule has 2 aromatic carbocycles. The van der Waals surface area contributed by atoms with Crippen molar-refractivity contribution in [3.05, 3.63) is 64.6 Å². The van der Waals surface area contributed by atoms with Gasteiger partial charge in [0.2, 0.25) is 0 Å². The number of hydrogen-bond acceptors (Lipinski definition) is 5. The maximum absolute atomic E-state index is 12.9. The number of nitrogens with zero attached hydrogens (tertiary/aromatic N) is 1. The average Bonchev–Trinajstić information content (AvgIpc) is 3.00. The molecule has 7 heteroatoms. The highest BCUT2D eigenvalue weighted by Crippen LogP contribution is 2.36. The molecule has 1 heterocycles. The Kier molecular flexibility index (Phi) is 6.62. The molecule has 2 aromatic rings. The highest BCUT2D eigenvalue weighted by molar-refractivity contribution is 8.19. The first-order valence-corrected chi connectivity index (χ1v) is 10.5. The fraction of sp³-hybridized carbons (Fsp3) is 0.261. The molecule has 0 saturated carbocycles. The summed E-state index contributed by atoms with van der Waals surface area (Å²) in [7, 11) is 0. The second kappa shape index (κ2) is 9.17. The highest BCUT2D eigenvalue weighted by Gasteiger charge is 2.36. The molecule has 156 valence electrons. The molecule has 3 rings (SSSR count). The summed E-state index contributed by atoms with van der Waals surface area (Å²) < 4.78 is 5.36. The van der Waals surface area contributed by atoms with Crippen LogP contribution in [0.1, 0.15) is 44.2 Å². The van der Waals surface area contributed by atoms with Gasteiger partial charge in [0.15, 0.2) is 6.10 Å². The van der Waals surface area contributed by atoms with Crippen LogP contribution in [0.4, 0.5) is 10.5 Å². The average molecular weight is 426 g/mol. The fourth-order valence-corrected chi connectivity index (χ4v) is 3.80. The van der Waals surface area contributed by atoms with Crippen LogP contribution in [-0.2, 0) is 9.59 Å². The van der Waals surface area contributed by atoms with Crippen molar-refractivity contribution in [2.75, 3.05) is 4.90 Å². The Morgan fingerprint density at radius 3 is 2.50 bits per heavy atom. The van der Waals surface area contributed by atoms with Crippen molar-refractivity contribution >= 4 is 40.6 Å². The highest BCUT2D eigenvalue weighted by atomic mass is 32.2. The van der Waals surface area contributed by atoms with Crippen LogP contribution in [0.15, 0.2) is 53.4 Å². The molecule has 0 aliphatic carbocycles. The lowest BCUT2D eigenvalue weighted by Crippen LogP contribution is -2.27. The van der Waals surface area contributed by atoms with Crippen molar-refractivity contribution in [3.63, 3.8) is 0 Å². The molecule has 6 nitrogen and oxygen atoms in total. The monoisotopic (exact) mass is 425 g/mol. The third kappa shape index (κ3) is 4.74. The van der Waals surface area contributed by atoms with Crippen LogP contribution in [0.2, 0.25) is 0 Å². The second-order valence-electron chi connectivity index (χ2n) is 7.09. The van der Waals surface area contributed by atoms with E-state index in [9.17, 15) is 14.4 Å². The van der Waals surface area contributed by atoms with Gasteiger partial charge >= 0.3 is 5.97 Å². The molecule has 0 radical (unpaired) electrons. The Morgan fingerprint density at radius 2 is 1.87 bits per heavy atom. The van der Waals surface area contributed by atoms with E-state index < -0.39 is 12.1 Å². The van der Waals surface area contributed by atoms with Crippen LogP contribution in [0.5, 0.6) is 5.75 Å². The Balaban J connectivity index is 1.81. The number of benzene rings is 2. The molecular formula is C23H23NO5S. The summed E-state index contributed by atoms with van der Waals surface area (Å²) in [6.07, 6.45) is 1.62. The van der Waals surface area contributed by atoms with Gasteiger partial charge < -0.3 is 9.84 Å². The van der Waals surface area contributed by atoms with Crippen molar-refractivity contribution in [3.8, 4) is 5.75 Å². The molecule has 1 N–H and O–H groups in total. The summed E-state index contributed by atoms with van der Waals surface area (Å²) in [5.41, 5.74) is 2.35. The zero-order valence-corrected chi connectivity index (χ0v) is 17.8. The number of rotatable bonds is 7. The van der Waals surface area contributed by atoms with E-state index in [1.807, 2.05) is 12.1 Å². The fourth-order valence-electron chi connectivity index (χ4n) is 2.96. The molecule has 2 atom stereocenters. The molecule has 0 aromatic heterocycles. The maximum atomic E-state index is 12.9. The van der Waals surface area contributed by atoms with Gasteiger partial charge in [-0.1, -0.05) is 38.1 Å². The zero-order valence-electron chi connectivity index (χ0n) is 17.0. The van der Waals surface area contributed by atoms with E-state index in [4.69, 9.17) is 9.84 Å². The van der Waals surface area contributed by atoms with Crippen LogP contribution in [0.25, 0.3) is 6.08 Å². The van der Waals surface area contributed by atoms with E-state index in [-0.39, 0.29) is 11.1 Å². The number of thioether (sulfide) groups is 1. The Morgan fingerprint density at radius 1 is 1.17 bits per heavy atom. The summed E-state index contributed by atoms with van der Waals surface area (Å²) in [6.45, 7) is 5.68. The summed E-state index contributed by atoms with van der Waals surface area (Å²) in [5.74, 6) is -0.668. The van der Waals surface area contributed by atoms with Crippen LogP contribution in [0, 0.1) is 0 Å². The van der Waals surface area contributed by atoms with Crippen molar-refractivity contribution in [1.82, 2.24) is 0 Å². The minimum absolute atomic E-state index is 0.300. The number of carboxylic acid groups (broad SMARTS) is 1. The van der Waals surface area contributed by atoms with Gasteiger partial charge in [0.25, 0.3) is 11.1 Å². The lowest BCUT2D eigenvalue weighted by atomic mass is 9.98. The summed E-state index contributed by atoms with van der Waals surface area (Å²) in [5, 5.41) is 8.62. The van der Waals surface area contributed by atoms with Gasteiger partial charge in [-0.15, -0.1) is 0 Å². The van der Waals surface area contributed by atoms with E-state index in [1.165, 1.54) is 11.8 Å². The standard InChI is InChI=1S/C23H23NO5S/c1-4-14(2)17-8-10-18(11-9-17)24-21(25)20(30-23(24)28)13-16-6-5-7-19(12-16)29-15(3)22(26)27/h5-15H,4H2,1-3H3,(H,26,27)/b20-13+. The number of carboxylic acids is 1. The SMILES string of the molecule is CCC(C)c1ccc(N2C(=O)S/C(=C/c3cccc(OC(C)C(=O)O)c3)C2=O)cc1. The molecular weight excluding hydrogens is 402 g/mol. The third-order valence-electron chi connectivity index (χ3n) is 4.94. The maximum Gasteiger partial charge on any atom is 0.344 e. The topological polar surface area (TPSA) is 83.9 Å². The number of carbonyl (C=O) groups is 3. The van der Waals surface area contributed by atoms with Crippen LogP contribution < -0.4 is 9.64 Å². The molecule has 1 aliphatic heterocycles. The smallest absolute Gasteiger partial charge is 0.344 e. The number of ether oxygens (including phenoxy) is 1. The molecule has 30 heavy (non-hydrogen) atoms. The number of anilines is 1. The van der Waals surface area contributed by atoms with Gasteiger partial charge in [-0.25, -0.2) is 9.69 Å². The molecule has 1 aliphatic rings. The first kappa shape index (κ1) is 21.6. The predicted molar refractivity (Wildman–Crippen MR) is 118 cm³/mol. The number of hydrogen-bond donors (Lipinski definition) is 1. The van der Waals surface area contributed by atoms with E-state index >= 15 is 0 Å². The molecule has 1 saturated heterocycles. The van der Waals surface area contributed by atoms with Crippen molar-refractivity contribution < 1.29 is 24.2 Å². The molecule has 0 bridgehead atoms. The normalized spacial score (nSPS) is 17.3. The third-order valence-corrected chi connectivity index (χ3v) is 5.81. The Labute approximate surface area is 179 Å². The summed E-state index contributed by atoms with van der Waals surface area (Å²) >= 11 is 0.875. The van der Waals surface area contributed by atoms with Crippen molar-refractivity contribution in [2.24, 2.45) is 0 Å². The van der Waals surface area contributed by atoms with Gasteiger partial charge in [0.1, 0.15) is 5.75 Å². The Bertz CT molecular complexity index is 999. The lowest BCUT2D eigenvalue weighted by Gasteiger charge is -2.15. The largest absolute Gasteiger partial charge is 0.479 e. The van der Waals surface area contributed by atoms with Gasteiger partial charge in [0, 0.05) is 0 Å². The van der Waals surface area contributed by atoms with Crippen LogP contribution in [0.3, 0.4) is 0 Å². The van der Waals surface area contributed by atoms with E-state index in [0.29, 0.717) is 27.8 Å². The second-order valence-corrected chi connectivity index (χ2v) is 8.08. The van der Waals surface area contributed by atoms with E-state index in [2.05, 4.69) is 13.8 Å². The van der Waals surface area contributed by atoms with Gasteiger partial charge in [0.05, 0.1) is 10.6 Å². The van der Waals surface area contributed by atoms with Crippen molar-refractivity contribution in [2.45, 2.75) is 39.2 Å². The molecule has 0 spiro atoms. The molecule has 1 fully saturated rings. The summed E-state index contributed by atoms with van der Waals surface area (Å²) in [4.78, 5) is 37.8.